The Hall–Kier alpha value is -3.02. The molecule has 0 atom stereocenters. The molecule has 1 aliphatic carbocycles. The van der Waals surface area contributed by atoms with Crippen LogP contribution in [0.15, 0.2) is 47.4 Å². The first-order chi connectivity index (χ1) is 12.0. The van der Waals surface area contributed by atoms with E-state index in [2.05, 4.69) is 0 Å². The fourth-order valence-corrected chi connectivity index (χ4v) is 3.10. The molecule has 3 aromatic rings. The van der Waals surface area contributed by atoms with Crippen molar-refractivity contribution in [3.05, 3.63) is 70.0 Å². The van der Waals surface area contributed by atoms with Crippen molar-refractivity contribution in [1.82, 2.24) is 4.57 Å². The van der Waals surface area contributed by atoms with Gasteiger partial charge in [0, 0.05) is 12.2 Å². The predicted molar refractivity (Wildman–Crippen MR) is 88.8 cm³/mol. The van der Waals surface area contributed by atoms with E-state index < -0.39 is 28.6 Å². The van der Waals surface area contributed by atoms with Gasteiger partial charge in [-0.2, -0.15) is 0 Å². The molecule has 4 rings (SSSR count). The van der Waals surface area contributed by atoms with E-state index in [4.69, 9.17) is 0 Å². The third-order valence-electron chi connectivity index (χ3n) is 4.44. The van der Waals surface area contributed by atoms with E-state index in [-0.39, 0.29) is 22.5 Å². The molecule has 1 saturated carbocycles. The lowest BCUT2D eigenvalue weighted by Crippen LogP contribution is -2.20. The molecule has 0 saturated heterocycles. The lowest BCUT2D eigenvalue weighted by atomic mass is 10.0. The van der Waals surface area contributed by atoms with Gasteiger partial charge in [0.15, 0.2) is 5.82 Å². The van der Waals surface area contributed by atoms with E-state index in [0.717, 1.165) is 18.9 Å². The van der Waals surface area contributed by atoms with Gasteiger partial charge in [0.25, 0.3) is 0 Å². The van der Waals surface area contributed by atoms with Crippen LogP contribution in [0.5, 0.6) is 0 Å². The van der Waals surface area contributed by atoms with Gasteiger partial charge in [-0.25, -0.2) is 13.6 Å². The summed E-state index contributed by atoms with van der Waals surface area (Å²) in [6.45, 7) is 0. The number of halogens is 2. The molecule has 0 unspecified atom stereocenters. The Labute approximate surface area is 141 Å². The van der Waals surface area contributed by atoms with Crippen LogP contribution in [0.2, 0.25) is 0 Å². The van der Waals surface area contributed by atoms with E-state index >= 15 is 4.39 Å². The summed E-state index contributed by atoms with van der Waals surface area (Å²) >= 11 is 0. The SMILES string of the molecule is O=C(O)c1cn(C2CC2)c2c(F)c(-c3ccccc3)c(F)cc2c1=O. The van der Waals surface area contributed by atoms with Gasteiger partial charge in [0.2, 0.25) is 5.43 Å². The highest BCUT2D eigenvalue weighted by Crippen LogP contribution is 2.39. The van der Waals surface area contributed by atoms with Crippen molar-refractivity contribution in [3.63, 3.8) is 0 Å². The molecular formula is C19H13F2NO3. The predicted octanol–water partition coefficient (Wildman–Crippen LogP) is 3.98. The third-order valence-corrected chi connectivity index (χ3v) is 4.44. The minimum atomic E-state index is -1.41. The molecule has 0 bridgehead atoms. The van der Waals surface area contributed by atoms with E-state index in [1.165, 1.54) is 10.8 Å². The van der Waals surface area contributed by atoms with Crippen LogP contribution < -0.4 is 5.43 Å². The number of fused-ring (bicyclic) bond motifs is 1. The van der Waals surface area contributed by atoms with Gasteiger partial charge >= 0.3 is 5.97 Å². The number of pyridine rings is 1. The van der Waals surface area contributed by atoms with Gasteiger partial charge in [0.05, 0.1) is 16.5 Å². The normalized spacial score (nSPS) is 14.0. The molecule has 1 heterocycles. The molecule has 0 radical (unpaired) electrons. The molecular weight excluding hydrogens is 328 g/mol. The number of carboxylic acid groups (broad SMARTS) is 1. The fourth-order valence-electron chi connectivity index (χ4n) is 3.10. The van der Waals surface area contributed by atoms with Gasteiger partial charge in [0.1, 0.15) is 11.4 Å². The second-order valence-corrected chi connectivity index (χ2v) is 6.13. The summed E-state index contributed by atoms with van der Waals surface area (Å²) in [5.41, 5.74) is -1.26. The standard InChI is InChI=1S/C19H13F2NO3/c20-14-8-12-17(16(21)15(14)10-4-2-1-3-5-10)22(11-6-7-11)9-13(18(12)23)19(24)25/h1-5,8-9,11H,6-7H2,(H,24,25). The monoisotopic (exact) mass is 341 g/mol. The molecule has 1 fully saturated rings. The number of benzene rings is 2. The summed E-state index contributed by atoms with van der Waals surface area (Å²) in [6, 6.07) is 9.09. The van der Waals surface area contributed by atoms with Crippen LogP contribution in [-0.2, 0) is 0 Å². The molecule has 6 heteroatoms. The van der Waals surface area contributed by atoms with Crippen LogP contribution in [0, 0.1) is 11.6 Å². The summed E-state index contributed by atoms with van der Waals surface area (Å²) in [6.07, 6.45) is 2.68. The van der Waals surface area contributed by atoms with Crippen molar-refractivity contribution < 1.29 is 18.7 Å². The maximum Gasteiger partial charge on any atom is 0.341 e. The molecule has 0 spiro atoms. The minimum Gasteiger partial charge on any atom is -0.477 e. The number of hydrogen-bond donors (Lipinski definition) is 1. The van der Waals surface area contributed by atoms with E-state index in [0.29, 0.717) is 5.56 Å². The molecule has 2 aromatic carbocycles. The zero-order chi connectivity index (χ0) is 17.7. The minimum absolute atomic E-state index is 0.0437. The van der Waals surface area contributed by atoms with E-state index in [9.17, 15) is 19.1 Å². The summed E-state index contributed by atoms with van der Waals surface area (Å²) in [5.74, 6) is -3.14. The molecule has 1 aliphatic rings. The smallest absolute Gasteiger partial charge is 0.341 e. The first kappa shape index (κ1) is 15.5. The van der Waals surface area contributed by atoms with Crippen molar-refractivity contribution in [3.8, 4) is 11.1 Å². The number of hydrogen-bond acceptors (Lipinski definition) is 2. The molecule has 0 aliphatic heterocycles. The second kappa shape index (κ2) is 5.51. The number of aromatic nitrogens is 1. The van der Waals surface area contributed by atoms with Crippen LogP contribution in [-0.4, -0.2) is 15.6 Å². The summed E-state index contributed by atoms with van der Waals surface area (Å²) in [4.78, 5) is 23.7. The highest BCUT2D eigenvalue weighted by atomic mass is 19.1. The Morgan fingerprint density at radius 2 is 1.84 bits per heavy atom. The summed E-state index contributed by atoms with van der Waals surface area (Å²) in [7, 11) is 0. The molecule has 4 nitrogen and oxygen atoms in total. The zero-order valence-electron chi connectivity index (χ0n) is 13.0. The topological polar surface area (TPSA) is 59.3 Å². The molecule has 25 heavy (non-hydrogen) atoms. The highest BCUT2D eigenvalue weighted by Gasteiger charge is 2.30. The van der Waals surface area contributed by atoms with Crippen molar-refractivity contribution in [2.75, 3.05) is 0 Å². The van der Waals surface area contributed by atoms with Gasteiger partial charge in [-0.3, -0.25) is 4.79 Å². The molecule has 1 N–H and O–H groups in total. The maximum absolute atomic E-state index is 15.2. The second-order valence-electron chi connectivity index (χ2n) is 6.13. The third kappa shape index (κ3) is 2.41. The van der Waals surface area contributed by atoms with Crippen LogP contribution >= 0.6 is 0 Å². The van der Waals surface area contributed by atoms with Crippen molar-refractivity contribution in [1.29, 1.82) is 0 Å². The average Bonchev–Trinajstić information content (AvgIpc) is 3.41. The number of carboxylic acids is 1. The summed E-state index contributed by atoms with van der Waals surface area (Å²) < 4.78 is 31.3. The fraction of sp³-hybridized carbons (Fsp3) is 0.158. The lowest BCUT2D eigenvalue weighted by molar-refractivity contribution is 0.0695. The quantitative estimate of drug-likeness (QED) is 0.784. The van der Waals surface area contributed by atoms with Crippen LogP contribution in [0.3, 0.4) is 0 Å². The van der Waals surface area contributed by atoms with E-state index in [1.807, 2.05) is 0 Å². The Bertz CT molecular complexity index is 1070. The number of rotatable bonds is 3. The van der Waals surface area contributed by atoms with Crippen LogP contribution in [0.1, 0.15) is 29.2 Å². The van der Waals surface area contributed by atoms with Crippen molar-refractivity contribution in [2.24, 2.45) is 0 Å². The largest absolute Gasteiger partial charge is 0.477 e. The van der Waals surface area contributed by atoms with Gasteiger partial charge < -0.3 is 9.67 Å². The maximum atomic E-state index is 15.2. The molecule has 0 amide bonds. The Kier molecular flexibility index (Phi) is 3.42. The number of carbonyl (C=O) groups is 1. The molecule has 1 aromatic heterocycles. The Balaban J connectivity index is 2.14. The van der Waals surface area contributed by atoms with Crippen molar-refractivity contribution >= 4 is 16.9 Å². The lowest BCUT2D eigenvalue weighted by Gasteiger charge is -2.15. The van der Waals surface area contributed by atoms with Gasteiger partial charge in [-0.05, 0) is 24.5 Å². The van der Waals surface area contributed by atoms with Crippen LogP contribution in [0.25, 0.3) is 22.0 Å². The number of nitrogens with zero attached hydrogens (tertiary/aromatic N) is 1. The number of aromatic carboxylic acids is 1. The Morgan fingerprint density at radius 3 is 2.44 bits per heavy atom. The van der Waals surface area contributed by atoms with Gasteiger partial charge in [-0.1, -0.05) is 30.3 Å². The van der Waals surface area contributed by atoms with Gasteiger partial charge in [-0.15, -0.1) is 0 Å². The first-order valence-corrected chi connectivity index (χ1v) is 7.84. The van der Waals surface area contributed by atoms with E-state index in [1.54, 1.807) is 30.3 Å². The Morgan fingerprint density at radius 1 is 1.16 bits per heavy atom. The summed E-state index contributed by atoms with van der Waals surface area (Å²) in [5, 5.41) is 8.97. The van der Waals surface area contributed by atoms with Crippen molar-refractivity contribution in [2.45, 2.75) is 18.9 Å². The molecule has 126 valence electrons. The first-order valence-electron chi connectivity index (χ1n) is 7.84. The average molecular weight is 341 g/mol. The zero-order valence-corrected chi connectivity index (χ0v) is 13.0. The highest BCUT2D eigenvalue weighted by molar-refractivity contribution is 5.94. The van der Waals surface area contributed by atoms with Crippen LogP contribution in [0.4, 0.5) is 8.78 Å².